The summed E-state index contributed by atoms with van der Waals surface area (Å²) < 4.78 is 16.5. The van der Waals surface area contributed by atoms with E-state index in [-0.39, 0.29) is 19.1 Å². The maximum absolute atomic E-state index is 12.5. The van der Waals surface area contributed by atoms with E-state index in [0.717, 1.165) is 16.5 Å². The van der Waals surface area contributed by atoms with Crippen LogP contribution in [0, 0.1) is 0 Å². The van der Waals surface area contributed by atoms with E-state index in [1.54, 1.807) is 38.2 Å². The van der Waals surface area contributed by atoms with Crippen molar-refractivity contribution in [2.24, 2.45) is 0 Å². The van der Waals surface area contributed by atoms with Crippen LogP contribution in [0.1, 0.15) is 31.9 Å². The number of carboxylic acid groups (broad SMARTS) is 1. The van der Waals surface area contributed by atoms with Gasteiger partial charge in [-0.15, -0.1) is 0 Å². The Hall–Kier alpha value is -3.65. The van der Waals surface area contributed by atoms with Crippen LogP contribution in [0.2, 0.25) is 0 Å². The van der Waals surface area contributed by atoms with E-state index in [9.17, 15) is 14.7 Å². The highest BCUT2D eigenvalue weighted by atomic mass is 16.5. The zero-order valence-electron chi connectivity index (χ0n) is 18.9. The summed E-state index contributed by atoms with van der Waals surface area (Å²) in [4.78, 5) is 28.4. The molecule has 8 nitrogen and oxygen atoms in total. The molecule has 1 aromatic heterocycles. The number of aromatic nitrogens is 1. The molecule has 0 aliphatic heterocycles. The second kappa shape index (κ2) is 11.3. The third-order valence-corrected chi connectivity index (χ3v) is 4.81. The molecule has 3 rings (SSSR count). The fourth-order valence-corrected chi connectivity index (χ4v) is 3.39. The molecule has 0 bridgehead atoms. The van der Waals surface area contributed by atoms with Gasteiger partial charge in [0.05, 0.1) is 23.9 Å². The molecule has 0 aliphatic rings. The van der Waals surface area contributed by atoms with Crippen molar-refractivity contribution in [1.29, 1.82) is 0 Å². The number of hydrogen-bond acceptors (Lipinski definition) is 6. The number of benzene rings is 2. The largest absolute Gasteiger partial charge is 0.492 e. The van der Waals surface area contributed by atoms with Crippen molar-refractivity contribution in [3.05, 3.63) is 65.9 Å². The molecule has 1 heterocycles. The number of nitrogens with one attached hydrogen (secondary N) is 1. The summed E-state index contributed by atoms with van der Waals surface area (Å²) in [7, 11) is 0. The molecular weight excluding hydrogens is 424 g/mol. The standard InChI is InChI=1S/C25H28N2O6/c1-4-31-22-10-9-17(14-23(24(28)29)33-16(2)3)13-21(22)27-25(30)32-15-18-11-12-26-20-8-6-5-7-19(18)20/h5-13,16,23H,4,14-15H2,1-3H3,(H,27,30)(H,28,29). The fraction of sp³-hybridized carbons (Fsp3) is 0.320. The maximum atomic E-state index is 12.5. The molecule has 0 radical (unpaired) electrons. The summed E-state index contributed by atoms with van der Waals surface area (Å²) in [6, 6.07) is 14.6. The summed E-state index contributed by atoms with van der Waals surface area (Å²) in [6.45, 7) is 5.87. The zero-order valence-corrected chi connectivity index (χ0v) is 18.9. The number of carbonyl (C=O) groups is 2. The number of hydrogen-bond donors (Lipinski definition) is 2. The summed E-state index contributed by atoms with van der Waals surface area (Å²) in [5.41, 5.74) is 2.74. The van der Waals surface area contributed by atoms with Crippen molar-refractivity contribution in [3.63, 3.8) is 0 Å². The molecule has 1 unspecified atom stereocenters. The number of rotatable bonds is 10. The van der Waals surface area contributed by atoms with Gasteiger partial charge in [-0.3, -0.25) is 10.3 Å². The predicted molar refractivity (Wildman–Crippen MR) is 125 cm³/mol. The van der Waals surface area contributed by atoms with Gasteiger partial charge >= 0.3 is 12.1 Å². The van der Waals surface area contributed by atoms with Gasteiger partial charge < -0.3 is 19.3 Å². The van der Waals surface area contributed by atoms with Crippen LogP contribution in [0.25, 0.3) is 10.9 Å². The van der Waals surface area contributed by atoms with Gasteiger partial charge in [0.25, 0.3) is 0 Å². The average molecular weight is 453 g/mol. The van der Waals surface area contributed by atoms with E-state index in [0.29, 0.717) is 23.6 Å². The second-order valence-electron chi connectivity index (χ2n) is 7.67. The topological polar surface area (TPSA) is 107 Å². The van der Waals surface area contributed by atoms with E-state index >= 15 is 0 Å². The van der Waals surface area contributed by atoms with Crippen molar-refractivity contribution in [2.45, 2.75) is 46.0 Å². The zero-order chi connectivity index (χ0) is 23.8. The van der Waals surface area contributed by atoms with Gasteiger partial charge in [0.1, 0.15) is 12.4 Å². The Morgan fingerprint density at radius 3 is 2.64 bits per heavy atom. The molecule has 0 saturated heterocycles. The number of carbonyl (C=O) groups excluding carboxylic acids is 1. The van der Waals surface area contributed by atoms with Crippen molar-refractivity contribution in [2.75, 3.05) is 11.9 Å². The minimum Gasteiger partial charge on any atom is -0.492 e. The van der Waals surface area contributed by atoms with Crippen molar-refractivity contribution < 1.29 is 28.9 Å². The number of ether oxygens (including phenoxy) is 3. The average Bonchev–Trinajstić information content (AvgIpc) is 2.78. The number of para-hydroxylation sites is 1. The van der Waals surface area contributed by atoms with E-state index in [4.69, 9.17) is 14.2 Å². The van der Waals surface area contributed by atoms with Gasteiger partial charge in [-0.25, -0.2) is 9.59 Å². The first kappa shape index (κ1) is 24.0. The molecule has 174 valence electrons. The van der Waals surface area contributed by atoms with Gasteiger partial charge in [0, 0.05) is 23.6 Å². The van der Waals surface area contributed by atoms with Crippen LogP contribution in [-0.2, 0) is 27.3 Å². The first-order valence-electron chi connectivity index (χ1n) is 10.8. The van der Waals surface area contributed by atoms with Gasteiger partial charge in [-0.05, 0) is 50.6 Å². The fourth-order valence-electron chi connectivity index (χ4n) is 3.39. The highest BCUT2D eigenvalue weighted by Crippen LogP contribution is 2.27. The Kier molecular flexibility index (Phi) is 8.21. The van der Waals surface area contributed by atoms with Crippen LogP contribution < -0.4 is 10.1 Å². The highest BCUT2D eigenvalue weighted by Gasteiger charge is 2.21. The molecule has 0 spiro atoms. The molecule has 3 aromatic rings. The van der Waals surface area contributed by atoms with E-state index < -0.39 is 18.2 Å². The molecule has 0 saturated carbocycles. The van der Waals surface area contributed by atoms with E-state index in [1.807, 2.05) is 37.3 Å². The Balaban J connectivity index is 1.72. The summed E-state index contributed by atoms with van der Waals surface area (Å²) in [5.74, 6) is -0.583. The first-order chi connectivity index (χ1) is 15.9. The molecule has 0 fully saturated rings. The predicted octanol–water partition coefficient (Wildman–Crippen LogP) is 4.80. The lowest BCUT2D eigenvalue weighted by Gasteiger charge is -2.18. The Labute approximate surface area is 192 Å². The Morgan fingerprint density at radius 2 is 1.91 bits per heavy atom. The van der Waals surface area contributed by atoms with Crippen LogP contribution in [0.15, 0.2) is 54.7 Å². The molecule has 2 N–H and O–H groups in total. The monoisotopic (exact) mass is 452 g/mol. The van der Waals surface area contributed by atoms with Crippen molar-refractivity contribution in [3.8, 4) is 5.75 Å². The van der Waals surface area contributed by atoms with E-state index in [1.165, 1.54) is 0 Å². The number of aliphatic carboxylic acids is 1. The number of anilines is 1. The molecule has 2 aromatic carbocycles. The lowest BCUT2D eigenvalue weighted by Crippen LogP contribution is -2.29. The van der Waals surface area contributed by atoms with Gasteiger partial charge in [-0.1, -0.05) is 24.3 Å². The van der Waals surface area contributed by atoms with Crippen LogP contribution in [0.5, 0.6) is 5.75 Å². The first-order valence-corrected chi connectivity index (χ1v) is 10.8. The number of nitrogens with zero attached hydrogens (tertiary/aromatic N) is 1. The number of fused-ring (bicyclic) bond motifs is 1. The molecule has 1 atom stereocenters. The lowest BCUT2D eigenvalue weighted by molar-refractivity contribution is -0.153. The van der Waals surface area contributed by atoms with Gasteiger partial charge in [-0.2, -0.15) is 0 Å². The second-order valence-corrected chi connectivity index (χ2v) is 7.67. The van der Waals surface area contributed by atoms with Crippen LogP contribution in [0.4, 0.5) is 10.5 Å². The highest BCUT2D eigenvalue weighted by molar-refractivity contribution is 5.87. The number of amides is 1. The summed E-state index contributed by atoms with van der Waals surface area (Å²) >= 11 is 0. The molecule has 1 amide bonds. The molecule has 33 heavy (non-hydrogen) atoms. The molecule has 8 heteroatoms. The smallest absolute Gasteiger partial charge is 0.412 e. The van der Waals surface area contributed by atoms with Crippen LogP contribution in [-0.4, -0.2) is 41.0 Å². The Bertz CT molecular complexity index is 1110. The Morgan fingerprint density at radius 1 is 1.12 bits per heavy atom. The molecule has 0 aliphatic carbocycles. The van der Waals surface area contributed by atoms with Crippen LogP contribution in [0.3, 0.4) is 0 Å². The minimum absolute atomic E-state index is 0.0713. The van der Waals surface area contributed by atoms with E-state index in [2.05, 4.69) is 10.3 Å². The number of carboxylic acids is 1. The van der Waals surface area contributed by atoms with Crippen molar-refractivity contribution in [1.82, 2.24) is 4.98 Å². The summed E-state index contributed by atoms with van der Waals surface area (Å²) in [6.07, 6.45) is -0.0593. The quantitative estimate of drug-likeness (QED) is 0.455. The van der Waals surface area contributed by atoms with Gasteiger partial charge in [0.2, 0.25) is 0 Å². The van der Waals surface area contributed by atoms with Crippen molar-refractivity contribution >= 4 is 28.7 Å². The normalized spacial score (nSPS) is 11.9. The SMILES string of the molecule is CCOc1ccc(CC(OC(C)C)C(=O)O)cc1NC(=O)OCc1ccnc2ccccc12. The maximum Gasteiger partial charge on any atom is 0.412 e. The van der Waals surface area contributed by atoms with Gasteiger partial charge in [0.15, 0.2) is 6.10 Å². The lowest BCUT2D eigenvalue weighted by atomic mass is 10.1. The third kappa shape index (κ3) is 6.66. The summed E-state index contributed by atoms with van der Waals surface area (Å²) in [5, 5.41) is 13.1. The minimum atomic E-state index is -1.05. The third-order valence-electron chi connectivity index (χ3n) is 4.81. The number of pyridine rings is 1. The van der Waals surface area contributed by atoms with Crippen LogP contribution >= 0.6 is 0 Å². The molecular formula is C25H28N2O6.